The molecule has 0 saturated carbocycles. The number of sulfonamides is 1. The second-order valence-electron chi connectivity index (χ2n) is 5.79. The second kappa shape index (κ2) is 7.65. The Hall–Kier alpha value is -3.10. The fourth-order valence-corrected chi connectivity index (χ4v) is 3.47. The number of amides is 1. The van der Waals surface area contributed by atoms with E-state index in [2.05, 4.69) is 20.0 Å². The quantitative estimate of drug-likeness (QED) is 0.660. The van der Waals surface area contributed by atoms with Crippen molar-refractivity contribution in [3.8, 4) is 0 Å². The van der Waals surface area contributed by atoms with Gasteiger partial charge >= 0.3 is 0 Å². The normalized spacial score (nSPS) is 11.8. The van der Waals surface area contributed by atoms with Crippen LogP contribution in [0.2, 0.25) is 0 Å². The molecule has 0 fully saturated rings. The fourth-order valence-electron chi connectivity index (χ4n) is 2.47. The van der Waals surface area contributed by atoms with Crippen LogP contribution in [0.25, 0.3) is 17.1 Å². The molecule has 0 bridgehead atoms. The predicted molar refractivity (Wildman–Crippen MR) is 105 cm³/mol. The van der Waals surface area contributed by atoms with E-state index < -0.39 is 15.9 Å². The van der Waals surface area contributed by atoms with Gasteiger partial charge in [-0.15, -0.1) is 0 Å². The molecule has 2 aromatic carbocycles. The van der Waals surface area contributed by atoms with Crippen LogP contribution in [0.3, 0.4) is 0 Å². The van der Waals surface area contributed by atoms with Gasteiger partial charge in [0.25, 0.3) is 0 Å². The molecule has 27 heavy (non-hydrogen) atoms. The first kappa shape index (κ1) is 18.7. The monoisotopic (exact) mass is 382 g/mol. The number of aromatic nitrogens is 2. The van der Waals surface area contributed by atoms with Crippen LogP contribution in [-0.4, -0.2) is 31.3 Å². The van der Waals surface area contributed by atoms with Crippen LogP contribution in [-0.2, 0) is 14.8 Å². The third-order valence-electron chi connectivity index (χ3n) is 3.89. The highest BCUT2D eigenvalue weighted by molar-refractivity contribution is 7.89. The van der Waals surface area contributed by atoms with Crippen LogP contribution >= 0.6 is 0 Å². The van der Waals surface area contributed by atoms with Crippen molar-refractivity contribution < 1.29 is 13.2 Å². The van der Waals surface area contributed by atoms with Crippen LogP contribution in [0.15, 0.2) is 59.6 Å². The second-order valence-corrected chi connectivity index (χ2v) is 7.65. The SMILES string of the molecule is CNS(=O)(=O)c1cc(NC(=O)/C=C/c2cnc3ccccc3n2)ccc1C. The van der Waals surface area contributed by atoms with Crippen molar-refractivity contribution in [3.05, 3.63) is 66.0 Å². The zero-order valence-corrected chi connectivity index (χ0v) is 15.6. The zero-order valence-electron chi connectivity index (χ0n) is 14.8. The molecule has 0 aliphatic heterocycles. The van der Waals surface area contributed by atoms with E-state index in [4.69, 9.17) is 0 Å². The highest BCUT2D eigenvalue weighted by Gasteiger charge is 2.15. The summed E-state index contributed by atoms with van der Waals surface area (Å²) in [5.41, 5.74) is 3.03. The maximum absolute atomic E-state index is 12.2. The molecule has 7 nitrogen and oxygen atoms in total. The minimum absolute atomic E-state index is 0.118. The molecule has 0 aliphatic rings. The first-order valence-corrected chi connectivity index (χ1v) is 9.62. The molecule has 0 unspecified atom stereocenters. The first-order valence-electron chi connectivity index (χ1n) is 8.14. The van der Waals surface area contributed by atoms with Gasteiger partial charge in [-0.25, -0.2) is 18.1 Å². The summed E-state index contributed by atoms with van der Waals surface area (Å²) in [6, 6.07) is 12.1. The molecule has 0 spiro atoms. The van der Waals surface area contributed by atoms with Crippen molar-refractivity contribution in [1.82, 2.24) is 14.7 Å². The molecular formula is C19H18N4O3S. The van der Waals surface area contributed by atoms with Gasteiger partial charge in [-0.05, 0) is 49.9 Å². The van der Waals surface area contributed by atoms with E-state index in [0.717, 1.165) is 11.0 Å². The minimum Gasteiger partial charge on any atom is -0.322 e. The third kappa shape index (κ3) is 4.36. The molecule has 0 atom stereocenters. The average molecular weight is 382 g/mol. The lowest BCUT2D eigenvalue weighted by Gasteiger charge is -2.09. The molecule has 1 aromatic heterocycles. The van der Waals surface area contributed by atoms with Crippen molar-refractivity contribution in [2.24, 2.45) is 0 Å². The number of nitrogens with one attached hydrogen (secondary N) is 2. The number of hydrogen-bond donors (Lipinski definition) is 2. The van der Waals surface area contributed by atoms with Gasteiger partial charge in [-0.2, -0.15) is 0 Å². The topological polar surface area (TPSA) is 101 Å². The van der Waals surface area contributed by atoms with E-state index in [1.165, 1.54) is 19.2 Å². The summed E-state index contributed by atoms with van der Waals surface area (Å²) >= 11 is 0. The average Bonchev–Trinajstić information content (AvgIpc) is 2.67. The van der Waals surface area contributed by atoms with Gasteiger partial charge < -0.3 is 5.32 Å². The van der Waals surface area contributed by atoms with E-state index in [0.29, 0.717) is 16.9 Å². The standard InChI is InChI=1S/C19H18N4O3S/c1-13-7-8-14(11-18(13)27(25,26)20-2)23-19(24)10-9-15-12-21-16-5-3-4-6-17(16)22-15/h3-12,20H,1-2H3,(H,23,24)/b10-9+. The Morgan fingerprint density at radius 2 is 1.85 bits per heavy atom. The van der Waals surface area contributed by atoms with Gasteiger partial charge in [0.1, 0.15) is 0 Å². The Balaban J connectivity index is 1.77. The van der Waals surface area contributed by atoms with Crippen molar-refractivity contribution in [1.29, 1.82) is 0 Å². The minimum atomic E-state index is -3.60. The van der Waals surface area contributed by atoms with Crippen molar-refractivity contribution in [3.63, 3.8) is 0 Å². The van der Waals surface area contributed by atoms with Crippen LogP contribution in [0.1, 0.15) is 11.3 Å². The number of anilines is 1. The van der Waals surface area contributed by atoms with E-state index >= 15 is 0 Å². The van der Waals surface area contributed by atoms with Crippen molar-refractivity contribution in [2.45, 2.75) is 11.8 Å². The lowest BCUT2D eigenvalue weighted by atomic mass is 10.2. The molecule has 3 rings (SSSR count). The fraction of sp³-hybridized carbons (Fsp3) is 0.105. The number of rotatable bonds is 5. The lowest BCUT2D eigenvalue weighted by Crippen LogP contribution is -2.20. The maximum atomic E-state index is 12.2. The summed E-state index contributed by atoms with van der Waals surface area (Å²) in [5.74, 6) is -0.401. The van der Waals surface area contributed by atoms with Gasteiger partial charge in [-0.3, -0.25) is 9.78 Å². The van der Waals surface area contributed by atoms with Crippen LogP contribution in [0, 0.1) is 6.92 Å². The van der Waals surface area contributed by atoms with Gasteiger partial charge in [0.15, 0.2) is 0 Å². The Kier molecular flexibility index (Phi) is 5.29. The largest absolute Gasteiger partial charge is 0.322 e. The molecular weight excluding hydrogens is 364 g/mol. The van der Waals surface area contributed by atoms with E-state index in [1.54, 1.807) is 31.3 Å². The van der Waals surface area contributed by atoms with Gasteiger partial charge in [-0.1, -0.05) is 18.2 Å². The zero-order chi connectivity index (χ0) is 19.4. The molecule has 1 amide bonds. The number of carbonyl (C=O) groups excluding carboxylic acids is 1. The van der Waals surface area contributed by atoms with Gasteiger partial charge in [0.2, 0.25) is 15.9 Å². The predicted octanol–water partition coefficient (Wildman–Crippen LogP) is 2.50. The van der Waals surface area contributed by atoms with Crippen molar-refractivity contribution >= 4 is 38.7 Å². The number of carbonyl (C=O) groups is 1. The van der Waals surface area contributed by atoms with Crippen molar-refractivity contribution in [2.75, 3.05) is 12.4 Å². The highest BCUT2D eigenvalue weighted by atomic mass is 32.2. The first-order chi connectivity index (χ1) is 12.9. The molecule has 3 aromatic rings. The van der Waals surface area contributed by atoms with Gasteiger partial charge in [0.05, 0.1) is 27.8 Å². The summed E-state index contributed by atoms with van der Waals surface area (Å²) in [7, 11) is -2.26. The summed E-state index contributed by atoms with van der Waals surface area (Å²) in [6.07, 6.45) is 4.45. The molecule has 0 aliphatic carbocycles. The van der Waals surface area contributed by atoms with Crippen LogP contribution < -0.4 is 10.0 Å². The third-order valence-corrected chi connectivity index (χ3v) is 5.44. The molecule has 138 valence electrons. The Bertz CT molecular complexity index is 1140. The van der Waals surface area contributed by atoms with Gasteiger partial charge in [0, 0.05) is 11.8 Å². The maximum Gasteiger partial charge on any atom is 0.248 e. The van der Waals surface area contributed by atoms with Crippen LogP contribution in [0.4, 0.5) is 5.69 Å². The Labute approximate surface area is 157 Å². The summed E-state index contributed by atoms with van der Waals surface area (Å²) in [5, 5.41) is 2.65. The van der Waals surface area contributed by atoms with E-state index in [1.807, 2.05) is 24.3 Å². The van der Waals surface area contributed by atoms with E-state index in [-0.39, 0.29) is 4.90 Å². The summed E-state index contributed by atoms with van der Waals surface area (Å²) in [6.45, 7) is 1.69. The van der Waals surface area contributed by atoms with Crippen LogP contribution in [0.5, 0.6) is 0 Å². The molecule has 1 heterocycles. The molecule has 2 N–H and O–H groups in total. The highest BCUT2D eigenvalue weighted by Crippen LogP contribution is 2.20. The Morgan fingerprint density at radius 3 is 2.59 bits per heavy atom. The molecule has 0 saturated heterocycles. The lowest BCUT2D eigenvalue weighted by molar-refractivity contribution is -0.111. The number of nitrogens with zero attached hydrogens (tertiary/aromatic N) is 2. The number of benzene rings is 2. The summed E-state index contributed by atoms with van der Waals surface area (Å²) in [4.78, 5) is 21.0. The number of aryl methyl sites for hydroxylation is 1. The molecule has 0 radical (unpaired) electrons. The molecule has 8 heteroatoms. The number of fused-ring (bicyclic) bond motifs is 1. The van der Waals surface area contributed by atoms with E-state index in [9.17, 15) is 13.2 Å². The number of para-hydroxylation sites is 2. The Morgan fingerprint density at radius 1 is 1.11 bits per heavy atom. The smallest absolute Gasteiger partial charge is 0.248 e. The number of hydrogen-bond acceptors (Lipinski definition) is 5. The summed E-state index contributed by atoms with van der Waals surface area (Å²) < 4.78 is 26.3.